The molecule has 3 aromatic carbocycles. The summed E-state index contributed by atoms with van der Waals surface area (Å²) in [5.74, 6) is 1.56. The number of benzene rings is 3. The molecule has 138 valence electrons. The highest BCUT2D eigenvalue weighted by Crippen LogP contribution is 2.35. The van der Waals surface area contributed by atoms with Crippen LogP contribution in [0.4, 0.5) is 0 Å². The molecule has 0 fully saturated rings. The van der Waals surface area contributed by atoms with Crippen molar-refractivity contribution in [3.8, 4) is 0 Å². The van der Waals surface area contributed by atoms with Gasteiger partial charge in [-0.3, -0.25) is 0 Å². The quantitative estimate of drug-likeness (QED) is 0.286. The molecule has 5 rings (SSSR count). The van der Waals surface area contributed by atoms with Crippen LogP contribution in [0.1, 0.15) is 24.0 Å². The van der Waals surface area contributed by atoms with Crippen LogP contribution in [0.5, 0.6) is 0 Å². The summed E-state index contributed by atoms with van der Waals surface area (Å²) in [6, 6.07) is 17.9. The fourth-order valence-electron chi connectivity index (χ4n) is 4.10. The van der Waals surface area contributed by atoms with E-state index in [9.17, 15) is 0 Å². The van der Waals surface area contributed by atoms with Crippen LogP contribution in [-0.4, -0.2) is 5.88 Å². The highest BCUT2D eigenvalue weighted by Gasteiger charge is 2.20. The predicted octanol–water partition coefficient (Wildman–Crippen LogP) is 6.99. The number of aryl methyl sites for hydroxylation is 1. The predicted molar refractivity (Wildman–Crippen MR) is 121 cm³/mol. The Kier molecular flexibility index (Phi) is 6.06. The Morgan fingerprint density at radius 1 is 0.963 bits per heavy atom. The molecular weight excluding hydrogens is 370 g/mol. The van der Waals surface area contributed by atoms with Gasteiger partial charge >= 0.3 is 0 Å². The molecule has 0 saturated heterocycles. The number of fused-ring (bicyclic) bond motifs is 5. The van der Waals surface area contributed by atoms with Gasteiger partial charge in [0.2, 0.25) is 0 Å². The minimum atomic E-state index is 0.771. The van der Waals surface area contributed by atoms with Crippen molar-refractivity contribution in [3.63, 3.8) is 0 Å². The average Bonchev–Trinajstić information content (AvgIpc) is 2.75. The van der Waals surface area contributed by atoms with E-state index in [0.29, 0.717) is 0 Å². The number of alkyl halides is 1. The van der Waals surface area contributed by atoms with E-state index in [0.717, 1.165) is 18.2 Å². The van der Waals surface area contributed by atoms with E-state index in [1.807, 2.05) is 23.8 Å². The lowest BCUT2D eigenvalue weighted by Crippen LogP contribution is -2.15. The van der Waals surface area contributed by atoms with Gasteiger partial charge in [0.25, 0.3) is 0 Å². The van der Waals surface area contributed by atoms with Crippen LogP contribution in [-0.2, 0) is 12.8 Å². The van der Waals surface area contributed by atoms with Gasteiger partial charge in [0, 0.05) is 12.1 Å². The van der Waals surface area contributed by atoms with Crippen molar-refractivity contribution in [2.45, 2.75) is 25.7 Å². The maximum Gasteiger partial charge on any atom is 0.0226 e. The highest BCUT2D eigenvalue weighted by atomic mass is 35.5. The molecule has 1 heterocycles. The summed E-state index contributed by atoms with van der Waals surface area (Å²) in [5, 5.41) is 7.56. The lowest BCUT2D eigenvalue weighted by molar-refractivity contribution is 0.448. The van der Waals surface area contributed by atoms with Gasteiger partial charge in [-0.1, -0.05) is 54.6 Å². The second kappa shape index (κ2) is 8.86. The van der Waals surface area contributed by atoms with Crippen LogP contribution in [0.2, 0.25) is 0 Å². The normalized spacial score (nSPS) is 17.9. The molecule has 0 aromatic heterocycles. The summed E-state index contributed by atoms with van der Waals surface area (Å²) in [7, 11) is 0. The largest absolute Gasteiger partial charge is 0.333 e. The zero-order valence-electron chi connectivity index (χ0n) is 15.3. The summed E-state index contributed by atoms with van der Waals surface area (Å²) in [6.07, 6.45) is 10.7. The van der Waals surface area contributed by atoms with Crippen LogP contribution >= 0.6 is 23.5 Å². The second-order valence-corrected chi connectivity index (χ2v) is 8.22. The first kappa shape index (κ1) is 18.5. The molecule has 27 heavy (non-hydrogen) atoms. The Morgan fingerprint density at radius 2 is 1.85 bits per heavy atom. The summed E-state index contributed by atoms with van der Waals surface area (Å²) < 4.78 is 2.93. The molecule has 3 aromatic rings. The molecule has 1 N–H and O–H groups in total. The van der Waals surface area contributed by atoms with Gasteiger partial charge < -0.3 is 4.72 Å². The minimum absolute atomic E-state index is 0.771. The maximum atomic E-state index is 5.92. The van der Waals surface area contributed by atoms with E-state index in [1.165, 1.54) is 40.8 Å². The minimum Gasteiger partial charge on any atom is -0.333 e. The van der Waals surface area contributed by atoms with E-state index < -0.39 is 0 Å². The Morgan fingerprint density at radius 3 is 2.59 bits per heavy atom. The van der Waals surface area contributed by atoms with E-state index in [-0.39, 0.29) is 0 Å². The third-order valence-corrected chi connectivity index (χ3v) is 6.24. The van der Waals surface area contributed by atoms with Crippen molar-refractivity contribution in [2.75, 3.05) is 5.88 Å². The monoisotopic (exact) mass is 393 g/mol. The lowest BCUT2D eigenvalue weighted by atomic mass is 9.80. The summed E-state index contributed by atoms with van der Waals surface area (Å²) in [4.78, 5) is 0. The number of halogens is 1. The zero-order chi connectivity index (χ0) is 18.5. The van der Waals surface area contributed by atoms with Crippen molar-refractivity contribution in [1.29, 1.82) is 0 Å². The van der Waals surface area contributed by atoms with Gasteiger partial charge in [0.05, 0.1) is 0 Å². The number of rotatable bonds is 2. The Hall–Kier alpha value is -1.90. The molecule has 1 nitrogen and oxygen atoms in total. The molecule has 1 aliphatic heterocycles. The molecule has 3 heteroatoms. The van der Waals surface area contributed by atoms with Crippen molar-refractivity contribution in [2.24, 2.45) is 5.92 Å². The summed E-state index contributed by atoms with van der Waals surface area (Å²) in [6.45, 7) is 0. The molecule has 0 saturated carbocycles. The highest BCUT2D eigenvalue weighted by molar-refractivity contribution is 8.00. The van der Waals surface area contributed by atoms with Crippen molar-refractivity contribution >= 4 is 45.1 Å². The summed E-state index contributed by atoms with van der Waals surface area (Å²) >= 11 is 7.50. The van der Waals surface area contributed by atoms with Crippen molar-refractivity contribution in [3.05, 3.63) is 83.4 Å². The Balaban J connectivity index is 0.000000257. The summed E-state index contributed by atoms with van der Waals surface area (Å²) in [5.41, 5.74) is 3.11. The number of allylic oxidation sites excluding steroid dienone is 2. The van der Waals surface area contributed by atoms with E-state index in [1.54, 1.807) is 23.1 Å². The standard InChI is InChI=1S/C20H19Cl.C4H5NS/c21-12-11-14-5-8-18-16(13-14)7-10-19-17-4-2-1-3-15(17)6-9-20(18)19;1-2-4-6-5-3-1/h1-4,6-7,9-10,14H,5,8,11-13H2;1-5H. The van der Waals surface area contributed by atoms with E-state index >= 15 is 0 Å². The van der Waals surface area contributed by atoms with Gasteiger partial charge in [-0.25, -0.2) is 0 Å². The number of nitrogens with one attached hydrogen (secondary N) is 1. The molecule has 0 bridgehead atoms. The average molecular weight is 394 g/mol. The maximum absolute atomic E-state index is 5.92. The molecule has 1 atom stereocenters. The van der Waals surface area contributed by atoms with E-state index in [2.05, 4.69) is 53.3 Å². The van der Waals surface area contributed by atoms with Gasteiger partial charge in [-0.15, -0.1) is 11.6 Å². The lowest BCUT2D eigenvalue weighted by Gasteiger charge is -2.25. The number of hydrogen-bond acceptors (Lipinski definition) is 2. The van der Waals surface area contributed by atoms with Crippen LogP contribution < -0.4 is 4.72 Å². The first-order valence-electron chi connectivity index (χ1n) is 9.58. The van der Waals surface area contributed by atoms with Crippen molar-refractivity contribution in [1.82, 2.24) is 4.72 Å². The third-order valence-electron chi connectivity index (χ3n) is 5.45. The topological polar surface area (TPSA) is 12.0 Å². The van der Waals surface area contributed by atoms with Crippen molar-refractivity contribution < 1.29 is 0 Å². The second-order valence-electron chi connectivity index (χ2n) is 7.09. The number of hydrogen-bond donors (Lipinski definition) is 1. The van der Waals surface area contributed by atoms with Gasteiger partial charge in [-0.05, 0) is 87.7 Å². The molecule has 0 spiro atoms. The molecule has 0 amide bonds. The molecule has 2 aliphatic rings. The van der Waals surface area contributed by atoms with Gasteiger partial charge in [0.15, 0.2) is 0 Å². The first-order chi connectivity index (χ1) is 13.4. The zero-order valence-corrected chi connectivity index (χ0v) is 16.9. The fraction of sp³-hybridized carbons (Fsp3) is 0.250. The molecule has 1 unspecified atom stereocenters. The van der Waals surface area contributed by atoms with Gasteiger partial charge in [0.1, 0.15) is 0 Å². The SMILES string of the molecule is C1=CNSC=C1.ClCCC1CCc2c(ccc3c2ccc2ccccc23)C1. The first-order valence-corrected chi connectivity index (χ1v) is 11.0. The fourth-order valence-corrected chi connectivity index (χ4v) is 4.82. The molecule has 1 aliphatic carbocycles. The van der Waals surface area contributed by atoms with Gasteiger partial charge in [-0.2, -0.15) is 0 Å². The van der Waals surface area contributed by atoms with Crippen LogP contribution in [0, 0.1) is 5.92 Å². The smallest absolute Gasteiger partial charge is 0.0226 e. The van der Waals surface area contributed by atoms with Crippen LogP contribution in [0.15, 0.2) is 72.3 Å². The van der Waals surface area contributed by atoms with E-state index in [4.69, 9.17) is 11.6 Å². The molecule has 0 radical (unpaired) electrons. The third kappa shape index (κ3) is 4.17. The Bertz CT molecular complexity index is 980. The van der Waals surface area contributed by atoms with Crippen LogP contribution in [0.25, 0.3) is 21.5 Å². The van der Waals surface area contributed by atoms with Crippen LogP contribution in [0.3, 0.4) is 0 Å². The molecular formula is C24H24ClNS. The Labute approximate surface area is 170 Å².